The van der Waals surface area contributed by atoms with Crippen molar-refractivity contribution in [3.8, 4) is 12.1 Å². The molecule has 74 valence electrons. The minimum Gasteiger partial charge on any atom is -0.428 e. The number of oxazole rings is 2. The maximum Gasteiger partial charge on any atom is 0.301 e. The highest BCUT2D eigenvalue weighted by molar-refractivity contribution is 5.89. The summed E-state index contributed by atoms with van der Waals surface area (Å²) < 4.78 is 10.3. The Labute approximate surface area is 88.3 Å². The Hall–Kier alpha value is -2.86. The molecule has 3 rings (SSSR count). The van der Waals surface area contributed by atoms with Gasteiger partial charge in [0.05, 0.1) is 0 Å². The minimum atomic E-state index is -0.0110. The van der Waals surface area contributed by atoms with Gasteiger partial charge >= 0.3 is 11.8 Å². The van der Waals surface area contributed by atoms with E-state index in [9.17, 15) is 0 Å². The van der Waals surface area contributed by atoms with Crippen molar-refractivity contribution in [1.29, 1.82) is 10.5 Å². The lowest BCUT2D eigenvalue weighted by Crippen LogP contribution is -1.71. The van der Waals surface area contributed by atoms with Gasteiger partial charge in [-0.3, -0.25) is 0 Å². The van der Waals surface area contributed by atoms with Crippen molar-refractivity contribution >= 4 is 22.2 Å². The van der Waals surface area contributed by atoms with Crippen LogP contribution in [0.25, 0.3) is 22.2 Å². The van der Waals surface area contributed by atoms with E-state index in [0.717, 1.165) is 0 Å². The minimum absolute atomic E-state index is 0.0110. The van der Waals surface area contributed by atoms with Crippen LogP contribution < -0.4 is 0 Å². The first-order valence-electron chi connectivity index (χ1n) is 4.31. The topological polar surface area (TPSA) is 99.6 Å². The highest BCUT2D eigenvalue weighted by atomic mass is 16.4. The summed E-state index contributed by atoms with van der Waals surface area (Å²) in [6.45, 7) is 0. The quantitative estimate of drug-likeness (QED) is 0.559. The first-order valence-corrected chi connectivity index (χ1v) is 4.31. The van der Waals surface area contributed by atoms with Crippen molar-refractivity contribution in [1.82, 2.24) is 9.97 Å². The molecule has 0 amide bonds. The maximum atomic E-state index is 8.62. The summed E-state index contributed by atoms with van der Waals surface area (Å²) in [5, 5.41) is 17.2. The zero-order chi connectivity index (χ0) is 11.1. The highest BCUT2D eigenvalue weighted by Gasteiger charge is 2.11. The van der Waals surface area contributed by atoms with E-state index in [0.29, 0.717) is 22.2 Å². The number of nitrogens with zero attached hydrogens (tertiary/aromatic N) is 4. The van der Waals surface area contributed by atoms with Gasteiger partial charge in [-0.15, -0.1) is 0 Å². The van der Waals surface area contributed by atoms with Gasteiger partial charge in [0.15, 0.2) is 23.3 Å². The molecule has 0 aliphatic heterocycles. The molecule has 6 nitrogen and oxygen atoms in total. The van der Waals surface area contributed by atoms with E-state index in [1.54, 1.807) is 24.3 Å². The van der Waals surface area contributed by atoms with Gasteiger partial charge < -0.3 is 8.83 Å². The lowest BCUT2D eigenvalue weighted by molar-refractivity contribution is 0.583. The number of rotatable bonds is 0. The van der Waals surface area contributed by atoms with Crippen molar-refractivity contribution in [2.45, 2.75) is 0 Å². The van der Waals surface area contributed by atoms with Crippen LogP contribution in [-0.2, 0) is 0 Å². The van der Waals surface area contributed by atoms with E-state index in [4.69, 9.17) is 19.4 Å². The van der Waals surface area contributed by atoms with Crippen molar-refractivity contribution in [2.75, 3.05) is 0 Å². The van der Waals surface area contributed by atoms with Gasteiger partial charge in [-0.2, -0.15) is 20.5 Å². The summed E-state index contributed by atoms with van der Waals surface area (Å²) in [5.41, 5.74) is 1.90. The summed E-state index contributed by atoms with van der Waals surface area (Å²) in [6.07, 6.45) is 0. The fourth-order valence-corrected chi connectivity index (χ4v) is 1.45. The van der Waals surface area contributed by atoms with Crippen LogP contribution >= 0.6 is 0 Å². The normalized spacial score (nSPS) is 10.4. The molecule has 0 N–H and O–H groups in total. The van der Waals surface area contributed by atoms with E-state index in [-0.39, 0.29) is 11.8 Å². The SMILES string of the molecule is N#Cc1nc2cc3oc(C#N)nc3cc2o1. The monoisotopic (exact) mass is 210 g/mol. The lowest BCUT2D eigenvalue weighted by Gasteiger charge is -1.84. The van der Waals surface area contributed by atoms with Gasteiger partial charge in [-0.1, -0.05) is 0 Å². The smallest absolute Gasteiger partial charge is 0.301 e. The van der Waals surface area contributed by atoms with Crippen molar-refractivity contribution in [2.24, 2.45) is 0 Å². The molecule has 1 aromatic carbocycles. The molecule has 3 aromatic rings. The van der Waals surface area contributed by atoms with Crippen molar-refractivity contribution in [3.63, 3.8) is 0 Å². The zero-order valence-electron chi connectivity index (χ0n) is 7.76. The molecule has 0 fully saturated rings. The van der Waals surface area contributed by atoms with Crippen molar-refractivity contribution in [3.05, 3.63) is 23.9 Å². The van der Waals surface area contributed by atoms with Gasteiger partial charge in [0, 0.05) is 12.1 Å². The second-order valence-electron chi connectivity index (χ2n) is 3.05. The van der Waals surface area contributed by atoms with Gasteiger partial charge in [-0.25, -0.2) is 0 Å². The molecule has 6 heteroatoms. The first kappa shape index (κ1) is 8.45. The van der Waals surface area contributed by atoms with Crippen LogP contribution in [0.1, 0.15) is 11.8 Å². The third-order valence-electron chi connectivity index (χ3n) is 2.09. The van der Waals surface area contributed by atoms with E-state index in [1.807, 2.05) is 0 Å². The van der Waals surface area contributed by atoms with Crippen LogP contribution in [-0.4, -0.2) is 9.97 Å². The molecular formula is C10H2N4O2. The summed E-state index contributed by atoms with van der Waals surface area (Å²) in [7, 11) is 0. The fraction of sp³-hybridized carbons (Fsp3) is 0. The van der Waals surface area contributed by atoms with E-state index in [1.165, 1.54) is 0 Å². The average Bonchev–Trinajstić information content (AvgIpc) is 2.86. The molecule has 16 heavy (non-hydrogen) atoms. The largest absolute Gasteiger partial charge is 0.428 e. The van der Waals surface area contributed by atoms with Crippen LogP contribution in [0.3, 0.4) is 0 Å². The van der Waals surface area contributed by atoms with Crippen LogP contribution in [0.15, 0.2) is 21.0 Å². The number of benzene rings is 1. The Kier molecular flexibility index (Phi) is 1.49. The molecule has 0 aliphatic carbocycles. The number of nitriles is 2. The Morgan fingerprint density at radius 1 is 0.875 bits per heavy atom. The number of fused-ring (bicyclic) bond motifs is 2. The lowest BCUT2D eigenvalue weighted by atomic mass is 10.3. The molecule has 0 radical (unpaired) electrons. The Balaban J connectivity index is 2.39. The number of hydrogen-bond donors (Lipinski definition) is 0. The maximum absolute atomic E-state index is 8.62. The standard InChI is InChI=1S/C10H2N4O2/c11-3-9-13-5-1-7-6(2-8(5)16-9)14-10(4-12)15-7/h1-2H. The Bertz CT molecular complexity index is 670. The molecule has 0 saturated carbocycles. The van der Waals surface area contributed by atoms with Gasteiger partial charge in [0.25, 0.3) is 0 Å². The van der Waals surface area contributed by atoms with E-state index in [2.05, 4.69) is 9.97 Å². The molecule has 2 aromatic heterocycles. The Morgan fingerprint density at radius 3 is 1.69 bits per heavy atom. The molecule has 0 saturated heterocycles. The third-order valence-corrected chi connectivity index (χ3v) is 2.09. The van der Waals surface area contributed by atoms with Crippen molar-refractivity contribution < 1.29 is 8.83 Å². The summed E-state index contributed by atoms with van der Waals surface area (Å²) in [6, 6.07) is 6.78. The second-order valence-corrected chi connectivity index (χ2v) is 3.05. The summed E-state index contributed by atoms with van der Waals surface area (Å²) in [4.78, 5) is 7.84. The molecule has 2 heterocycles. The molecular weight excluding hydrogens is 208 g/mol. The predicted molar refractivity (Wildman–Crippen MR) is 51.0 cm³/mol. The van der Waals surface area contributed by atoms with Crippen LogP contribution in [0.2, 0.25) is 0 Å². The van der Waals surface area contributed by atoms with E-state index < -0.39 is 0 Å². The molecule has 0 aliphatic rings. The van der Waals surface area contributed by atoms with E-state index >= 15 is 0 Å². The average molecular weight is 210 g/mol. The highest BCUT2D eigenvalue weighted by Crippen LogP contribution is 2.23. The van der Waals surface area contributed by atoms with Gasteiger partial charge in [-0.05, 0) is 0 Å². The van der Waals surface area contributed by atoms with Crippen LogP contribution in [0, 0.1) is 22.7 Å². The molecule has 0 spiro atoms. The third kappa shape index (κ3) is 1.04. The van der Waals surface area contributed by atoms with Crippen LogP contribution in [0.5, 0.6) is 0 Å². The number of hydrogen-bond acceptors (Lipinski definition) is 6. The Morgan fingerprint density at radius 2 is 1.31 bits per heavy atom. The zero-order valence-corrected chi connectivity index (χ0v) is 7.76. The summed E-state index contributed by atoms with van der Waals surface area (Å²) >= 11 is 0. The van der Waals surface area contributed by atoms with Crippen LogP contribution in [0.4, 0.5) is 0 Å². The fourth-order valence-electron chi connectivity index (χ4n) is 1.45. The predicted octanol–water partition coefficient (Wildman–Crippen LogP) is 1.71. The number of aromatic nitrogens is 2. The molecule has 0 atom stereocenters. The van der Waals surface area contributed by atoms with Gasteiger partial charge in [0.1, 0.15) is 11.0 Å². The van der Waals surface area contributed by atoms with Gasteiger partial charge in [0.2, 0.25) is 0 Å². The molecule has 0 bridgehead atoms. The first-order chi connectivity index (χ1) is 7.80. The second kappa shape index (κ2) is 2.81. The summed E-state index contributed by atoms with van der Waals surface area (Å²) in [5.74, 6) is -0.0219. The molecule has 0 unspecified atom stereocenters.